The lowest BCUT2D eigenvalue weighted by atomic mass is 10.2. The first-order valence-electron chi connectivity index (χ1n) is 9.87. The van der Waals surface area contributed by atoms with Gasteiger partial charge in [-0.3, -0.25) is 9.52 Å². The largest absolute Gasteiger partial charge is 0.494 e. The van der Waals surface area contributed by atoms with Crippen molar-refractivity contribution in [1.82, 2.24) is 5.16 Å². The maximum atomic E-state index is 12.7. The minimum Gasteiger partial charge on any atom is -0.494 e. The van der Waals surface area contributed by atoms with Crippen LogP contribution in [0.5, 0.6) is 11.5 Å². The smallest absolute Gasteiger partial charge is 0.255 e. The van der Waals surface area contributed by atoms with Crippen molar-refractivity contribution in [3.05, 3.63) is 65.0 Å². The Bertz CT molecular complexity index is 1200. The van der Waals surface area contributed by atoms with Crippen LogP contribution >= 0.6 is 0 Å². The second-order valence-corrected chi connectivity index (χ2v) is 9.00. The monoisotopic (exact) mass is 459 g/mol. The molecule has 2 aromatic carbocycles. The van der Waals surface area contributed by atoms with E-state index in [0.717, 1.165) is 11.3 Å². The van der Waals surface area contributed by atoms with E-state index in [2.05, 4.69) is 15.2 Å². The van der Waals surface area contributed by atoms with Crippen LogP contribution in [-0.2, 0) is 16.6 Å². The third-order valence-electron chi connectivity index (χ3n) is 4.77. The van der Waals surface area contributed by atoms with Gasteiger partial charge < -0.3 is 19.3 Å². The number of nitrogens with one attached hydrogen (secondary N) is 2. The molecule has 0 bridgehead atoms. The molecule has 1 aromatic heterocycles. The van der Waals surface area contributed by atoms with Crippen molar-refractivity contribution < 1.29 is 27.2 Å². The van der Waals surface area contributed by atoms with Crippen molar-refractivity contribution in [1.29, 1.82) is 0 Å². The van der Waals surface area contributed by atoms with E-state index in [-0.39, 0.29) is 24.0 Å². The molecule has 0 aliphatic rings. The van der Waals surface area contributed by atoms with Gasteiger partial charge in [0.15, 0.2) is 0 Å². The molecule has 0 radical (unpaired) electrons. The number of ether oxygens (including phenoxy) is 2. The molecule has 0 aliphatic carbocycles. The number of sulfonamides is 1. The molecule has 9 nitrogen and oxygen atoms in total. The minimum atomic E-state index is -3.46. The van der Waals surface area contributed by atoms with Crippen LogP contribution in [0.2, 0.25) is 0 Å². The van der Waals surface area contributed by atoms with Crippen LogP contribution in [0.1, 0.15) is 34.3 Å². The van der Waals surface area contributed by atoms with E-state index in [0.29, 0.717) is 28.4 Å². The van der Waals surface area contributed by atoms with Crippen LogP contribution in [0.25, 0.3) is 0 Å². The lowest BCUT2D eigenvalue weighted by molar-refractivity contribution is 0.102. The summed E-state index contributed by atoms with van der Waals surface area (Å²) in [6, 6.07) is 11.4. The molecule has 170 valence electrons. The number of nitrogens with zero attached hydrogens (tertiary/aromatic N) is 1. The lowest BCUT2D eigenvalue weighted by Gasteiger charge is -2.13. The number of aryl methyl sites for hydroxylation is 2. The second-order valence-electron chi connectivity index (χ2n) is 6.99. The Morgan fingerprint density at radius 2 is 1.94 bits per heavy atom. The molecule has 2 N–H and O–H groups in total. The van der Waals surface area contributed by atoms with Crippen LogP contribution in [0, 0.1) is 13.8 Å². The zero-order chi connectivity index (χ0) is 23.3. The van der Waals surface area contributed by atoms with Crippen molar-refractivity contribution >= 4 is 27.3 Å². The molecule has 0 unspecified atom stereocenters. The first-order chi connectivity index (χ1) is 15.2. The second kappa shape index (κ2) is 9.73. The topological polar surface area (TPSA) is 120 Å². The van der Waals surface area contributed by atoms with Gasteiger partial charge in [0, 0.05) is 17.3 Å². The predicted octanol–water partition coefficient (Wildman–Crippen LogP) is 3.89. The third-order valence-corrected chi connectivity index (χ3v) is 6.06. The van der Waals surface area contributed by atoms with Crippen molar-refractivity contribution in [3.8, 4) is 11.5 Å². The average Bonchev–Trinajstić information content (AvgIpc) is 3.10. The minimum absolute atomic E-state index is 0.0662. The molecule has 32 heavy (non-hydrogen) atoms. The Morgan fingerprint density at radius 1 is 1.16 bits per heavy atom. The number of rotatable bonds is 9. The summed E-state index contributed by atoms with van der Waals surface area (Å²) in [6.45, 7) is 5.47. The molecular formula is C22H25N3O6S. The highest BCUT2D eigenvalue weighted by Gasteiger charge is 2.14. The molecular weight excluding hydrogens is 434 g/mol. The maximum Gasteiger partial charge on any atom is 0.255 e. The van der Waals surface area contributed by atoms with Crippen LogP contribution in [0.3, 0.4) is 0 Å². The number of anilines is 2. The number of carbonyl (C=O) groups excluding carboxylic acids is 1. The zero-order valence-corrected chi connectivity index (χ0v) is 19.1. The average molecular weight is 460 g/mol. The molecule has 0 fully saturated rings. The SMILES string of the molecule is CCS(=O)(=O)Nc1ccc(NC(=O)c2cccc(OCc3c(C)noc3C)c2)cc1OC. The van der Waals surface area contributed by atoms with E-state index in [4.69, 9.17) is 14.0 Å². The number of benzene rings is 2. The molecule has 0 saturated heterocycles. The van der Waals surface area contributed by atoms with E-state index in [1.165, 1.54) is 20.1 Å². The normalized spacial score (nSPS) is 11.1. The molecule has 1 amide bonds. The fourth-order valence-corrected chi connectivity index (χ4v) is 3.53. The first-order valence-corrected chi connectivity index (χ1v) is 11.5. The van der Waals surface area contributed by atoms with Crippen LogP contribution in [0.4, 0.5) is 11.4 Å². The van der Waals surface area contributed by atoms with Crippen LogP contribution < -0.4 is 19.5 Å². The summed E-state index contributed by atoms with van der Waals surface area (Å²) in [7, 11) is -2.04. The van der Waals surface area contributed by atoms with Gasteiger partial charge in [0.2, 0.25) is 10.0 Å². The number of hydrogen-bond donors (Lipinski definition) is 2. The highest BCUT2D eigenvalue weighted by atomic mass is 32.2. The summed E-state index contributed by atoms with van der Waals surface area (Å²) >= 11 is 0. The summed E-state index contributed by atoms with van der Waals surface area (Å²) in [5.41, 5.74) is 2.77. The Morgan fingerprint density at radius 3 is 2.59 bits per heavy atom. The van der Waals surface area contributed by atoms with E-state index in [9.17, 15) is 13.2 Å². The van der Waals surface area contributed by atoms with Crippen molar-refractivity contribution in [2.45, 2.75) is 27.4 Å². The fraction of sp³-hybridized carbons (Fsp3) is 0.273. The number of carbonyl (C=O) groups is 1. The molecule has 0 spiro atoms. The van der Waals surface area contributed by atoms with Crippen LogP contribution in [0.15, 0.2) is 47.0 Å². The van der Waals surface area contributed by atoms with Crippen LogP contribution in [-0.4, -0.2) is 32.3 Å². The van der Waals surface area contributed by atoms with E-state index in [1.54, 1.807) is 36.4 Å². The van der Waals surface area contributed by atoms with E-state index in [1.807, 2.05) is 13.8 Å². The molecule has 0 aliphatic heterocycles. The molecule has 1 heterocycles. The van der Waals surface area contributed by atoms with Crippen molar-refractivity contribution in [2.24, 2.45) is 0 Å². The lowest BCUT2D eigenvalue weighted by Crippen LogP contribution is -2.16. The van der Waals surface area contributed by atoms with Gasteiger partial charge in [-0.05, 0) is 51.1 Å². The number of hydrogen-bond acceptors (Lipinski definition) is 7. The summed E-state index contributed by atoms with van der Waals surface area (Å²) in [5, 5.41) is 6.67. The fourth-order valence-electron chi connectivity index (χ4n) is 2.89. The molecule has 0 atom stereocenters. The van der Waals surface area contributed by atoms with Gasteiger partial charge in [-0.15, -0.1) is 0 Å². The molecule has 3 rings (SSSR count). The predicted molar refractivity (Wildman–Crippen MR) is 121 cm³/mol. The van der Waals surface area contributed by atoms with Gasteiger partial charge in [-0.1, -0.05) is 11.2 Å². The number of aromatic nitrogens is 1. The Labute approximate surface area is 186 Å². The number of methoxy groups -OCH3 is 1. The highest BCUT2D eigenvalue weighted by molar-refractivity contribution is 7.92. The third kappa shape index (κ3) is 5.58. The van der Waals surface area contributed by atoms with Gasteiger partial charge in [-0.25, -0.2) is 8.42 Å². The van der Waals surface area contributed by atoms with Gasteiger partial charge in [0.25, 0.3) is 5.91 Å². The summed E-state index contributed by atoms with van der Waals surface area (Å²) < 4.78 is 42.3. The summed E-state index contributed by atoms with van der Waals surface area (Å²) in [4.78, 5) is 12.7. The zero-order valence-electron chi connectivity index (χ0n) is 18.3. The summed E-state index contributed by atoms with van der Waals surface area (Å²) in [6.07, 6.45) is 0. The van der Waals surface area contributed by atoms with E-state index >= 15 is 0 Å². The van der Waals surface area contributed by atoms with Gasteiger partial charge in [-0.2, -0.15) is 0 Å². The molecule has 3 aromatic rings. The van der Waals surface area contributed by atoms with Gasteiger partial charge in [0.1, 0.15) is 23.9 Å². The molecule has 10 heteroatoms. The van der Waals surface area contributed by atoms with Crippen molar-refractivity contribution in [3.63, 3.8) is 0 Å². The Balaban J connectivity index is 1.71. The highest BCUT2D eigenvalue weighted by Crippen LogP contribution is 2.29. The Hall–Kier alpha value is -3.53. The van der Waals surface area contributed by atoms with E-state index < -0.39 is 10.0 Å². The van der Waals surface area contributed by atoms with Gasteiger partial charge in [0.05, 0.1) is 29.8 Å². The first kappa shape index (κ1) is 23.1. The summed E-state index contributed by atoms with van der Waals surface area (Å²) in [5.74, 6) is 1.09. The maximum absolute atomic E-state index is 12.7. The quantitative estimate of drug-likeness (QED) is 0.498. The van der Waals surface area contributed by atoms with Gasteiger partial charge >= 0.3 is 0 Å². The number of amides is 1. The standard InChI is InChI=1S/C22H25N3O6S/c1-5-32(27,28)25-20-10-9-17(12-21(20)29-4)23-22(26)16-7-6-8-18(11-16)30-13-19-14(2)24-31-15(19)3/h6-12,25H,5,13H2,1-4H3,(H,23,26). The molecule has 0 saturated carbocycles. The van der Waals surface area contributed by atoms with Crippen molar-refractivity contribution in [2.75, 3.05) is 22.9 Å². The Kier molecular flexibility index (Phi) is 7.04.